The summed E-state index contributed by atoms with van der Waals surface area (Å²) in [5.41, 5.74) is 2.04. The van der Waals surface area contributed by atoms with Crippen molar-refractivity contribution in [3.8, 4) is 11.5 Å². The lowest BCUT2D eigenvalue weighted by Crippen LogP contribution is -2.36. The molecule has 33 heavy (non-hydrogen) atoms. The molecule has 1 heterocycles. The maximum atomic E-state index is 12.9. The number of carbonyl (C=O) groups is 2. The van der Waals surface area contributed by atoms with Crippen molar-refractivity contribution in [2.75, 3.05) is 25.0 Å². The van der Waals surface area contributed by atoms with Gasteiger partial charge in [-0.05, 0) is 49.1 Å². The summed E-state index contributed by atoms with van der Waals surface area (Å²) in [6.07, 6.45) is 3.18. The summed E-state index contributed by atoms with van der Waals surface area (Å²) in [6, 6.07) is 24.2. The van der Waals surface area contributed by atoms with E-state index in [0.717, 1.165) is 37.9 Å². The van der Waals surface area contributed by atoms with Crippen molar-refractivity contribution < 1.29 is 19.1 Å². The average Bonchev–Trinajstić information content (AvgIpc) is 2.88. The van der Waals surface area contributed by atoms with Crippen molar-refractivity contribution in [1.29, 1.82) is 0 Å². The standard InChI is InChI=1S/C27H28N2O4/c30-26(28-23-14-6-5-13-22(23)27(31)29-17-9-2-10-18-29)20-33-25-16-8-7-15-24(25)32-19-21-11-3-1-4-12-21/h1,3-8,11-16H,2,9-10,17-20H2,(H,28,30). The molecule has 0 radical (unpaired) electrons. The van der Waals surface area contributed by atoms with Crippen LogP contribution in [0.4, 0.5) is 5.69 Å². The molecule has 3 aromatic rings. The number of anilines is 1. The number of likely N-dealkylation sites (tertiary alicyclic amines) is 1. The van der Waals surface area contributed by atoms with E-state index in [9.17, 15) is 9.59 Å². The van der Waals surface area contributed by atoms with Gasteiger partial charge in [0.25, 0.3) is 11.8 Å². The Morgan fingerprint density at radius 2 is 1.39 bits per heavy atom. The Labute approximate surface area is 194 Å². The molecule has 1 saturated heterocycles. The molecule has 0 saturated carbocycles. The van der Waals surface area contributed by atoms with Crippen LogP contribution in [0.25, 0.3) is 0 Å². The van der Waals surface area contributed by atoms with Gasteiger partial charge >= 0.3 is 0 Å². The Morgan fingerprint density at radius 3 is 2.15 bits per heavy atom. The molecule has 0 unspecified atom stereocenters. The molecule has 1 fully saturated rings. The van der Waals surface area contributed by atoms with E-state index in [4.69, 9.17) is 9.47 Å². The predicted molar refractivity (Wildman–Crippen MR) is 128 cm³/mol. The quantitative estimate of drug-likeness (QED) is 0.536. The van der Waals surface area contributed by atoms with Gasteiger partial charge in [0.15, 0.2) is 18.1 Å². The first-order valence-electron chi connectivity index (χ1n) is 11.3. The monoisotopic (exact) mass is 444 g/mol. The number of rotatable bonds is 8. The second kappa shape index (κ2) is 11.2. The van der Waals surface area contributed by atoms with Crippen LogP contribution in [0.1, 0.15) is 35.2 Å². The second-order valence-corrected chi connectivity index (χ2v) is 7.96. The lowest BCUT2D eigenvalue weighted by Gasteiger charge is -2.27. The van der Waals surface area contributed by atoms with Gasteiger partial charge in [0.2, 0.25) is 0 Å². The summed E-state index contributed by atoms with van der Waals surface area (Å²) in [7, 11) is 0. The zero-order valence-electron chi connectivity index (χ0n) is 18.5. The molecule has 1 N–H and O–H groups in total. The third-order valence-electron chi connectivity index (χ3n) is 5.52. The van der Waals surface area contributed by atoms with Gasteiger partial charge in [-0.15, -0.1) is 0 Å². The van der Waals surface area contributed by atoms with Crippen LogP contribution in [0.2, 0.25) is 0 Å². The van der Waals surface area contributed by atoms with Gasteiger partial charge in [-0.3, -0.25) is 9.59 Å². The minimum Gasteiger partial charge on any atom is -0.485 e. The highest BCUT2D eigenvalue weighted by Gasteiger charge is 2.21. The molecular weight excluding hydrogens is 416 g/mol. The van der Waals surface area contributed by atoms with Crippen molar-refractivity contribution in [1.82, 2.24) is 4.90 Å². The number of nitrogens with zero attached hydrogens (tertiary/aromatic N) is 1. The smallest absolute Gasteiger partial charge is 0.262 e. The lowest BCUT2D eigenvalue weighted by molar-refractivity contribution is -0.118. The fourth-order valence-corrected chi connectivity index (χ4v) is 3.80. The first-order chi connectivity index (χ1) is 16.2. The highest BCUT2D eigenvalue weighted by Crippen LogP contribution is 2.27. The van der Waals surface area contributed by atoms with E-state index in [1.165, 1.54) is 0 Å². The molecule has 6 heteroatoms. The second-order valence-electron chi connectivity index (χ2n) is 7.96. The number of benzene rings is 3. The molecule has 170 valence electrons. The summed E-state index contributed by atoms with van der Waals surface area (Å²) in [5, 5.41) is 2.83. The third-order valence-corrected chi connectivity index (χ3v) is 5.52. The van der Waals surface area contributed by atoms with Gasteiger partial charge in [0.05, 0.1) is 11.3 Å². The molecule has 4 rings (SSSR count). The summed E-state index contributed by atoms with van der Waals surface area (Å²) in [5.74, 6) is 0.661. The van der Waals surface area contributed by atoms with Crippen molar-refractivity contribution >= 4 is 17.5 Å². The van der Waals surface area contributed by atoms with Gasteiger partial charge in [0, 0.05) is 13.1 Å². The molecule has 0 aliphatic carbocycles. The average molecular weight is 445 g/mol. The fourth-order valence-electron chi connectivity index (χ4n) is 3.80. The number of carbonyl (C=O) groups excluding carboxylic acids is 2. The zero-order valence-corrected chi connectivity index (χ0v) is 18.5. The Kier molecular flexibility index (Phi) is 7.59. The maximum Gasteiger partial charge on any atom is 0.262 e. The van der Waals surface area contributed by atoms with E-state index in [2.05, 4.69) is 5.32 Å². The topological polar surface area (TPSA) is 67.9 Å². The van der Waals surface area contributed by atoms with Gasteiger partial charge in [-0.2, -0.15) is 0 Å². The van der Waals surface area contributed by atoms with E-state index in [1.54, 1.807) is 24.3 Å². The van der Waals surface area contributed by atoms with Crippen LogP contribution in [0.5, 0.6) is 11.5 Å². The van der Waals surface area contributed by atoms with Crippen molar-refractivity contribution in [2.24, 2.45) is 0 Å². The van der Waals surface area contributed by atoms with Crippen LogP contribution >= 0.6 is 0 Å². The van der Waals surface area contributed by atoms with Gasteiger partial charge in [-0.1, -0.05) is 54.6 Å². The SMILES string of the molecule is O=C(COc1ccccc1OCc1ccccc1)Nc1ccccc1C(=O)N1CCCCC1. The van der Waals surface area contributed by atoms with Gasteiger partial charge in [-0.25, -0.2) is 0 Å². The molecule has 0 spiro atoms. The van der Waals surface area contributed by atoms with Gasteiger partial charge < -0.3 is 19.7 Å². The largest absolute Gasteiger partial charge is 0.485 e. The lowest BCUT2D eigenvalue weighted by atomic mass is 10.1. The molecule has 3 aromatic carbocycles. The van der Waals surface area contributed by atoms with E-state index < -0.39 is 0 Å². The van der Waals surface area contributed by atoms with Crippen LogP contribution in [0, 0.1) is 0 Å². The zero-order chi connectivity index (χ0) is 22.9. The van der Waals surface area contributed by atoms with Crippen molar-refractivity contribution in [2.45, 2.75) is 25.9 Å². The van der Waals surface area contributed by atoms with Crippen molar-refractivity contribution in [3.63, 3.8) is 0 Å². The highest BCUT2D eigenvalue weighted by molar-refractivity contribution is 6.04. The number of hydrogen-bond acceptors (Lipinski definition) is 4. The molecule has 0 aromatic heterocycles. The number of para-hydroxylation sites is 3. The number of nitrogens with one attached hydrogen (secondary N) is 1. The predicted octanol–water partition coefficient (Wildman–Crippen LogP) is 4.91. The van der Waals surface area contributed by atoms with E-state index in [-0.39, 0.29) is 18.4 Å². The van der Waals surface area contributed by atoms with Crippen LogP contribution in [-0.2, 0) is 11.4 Å². The molecule has 2 amide bonds. The molecule has 0 atom stereocenters. The highest BCUT2D eigenvalue weighted by atomic mass is 16.5. The summed E-state index contributed by atoms with van der Waals surface area (Å²) in [6.45, 7) is 1.71. The van der Waals surface area contributed by atoms with E-state index >= 15 is 0 Å². The van der Waals surface area contributed by atoms with Crippen LogP contribution in [-0.4, -0.2) is 36.4 Å². The van der Waals surface area contributed by atoms with E-state index in [1.807, 2.05) is 59.5 Å². The molecule has 6 nitrogen and oxygen atoms in total. The third kappa shape index (κ3) is 6.13. The minimum absolute atomic E-state index is 0.0498. The number of hydrogen-bond donors (Lipinski definition) is 1. The van der Waals surface area contributed by atoms with Crippen LogP contribution in [0.15, 0.2) is 78.9 Å². The minimum atomic E-state index is -0.341. The molecule has 0 bridgehead atoms. The maximum absolute atomic E-state index is 12.9. The normalized spacial score (nSPS) is 13.3. The Balaban J connectivity index is 1.36. The number of piperidine rings is 1. The summed E-state index contributed by atoms with van der Waals surface area (Å²) >= 11 is 0. The van der Waals surface area contributed by atoms with Crippen LogP contribution in [0.3, 0.4) is 0 Å². The molecule has 1 aliphatic rings. The Morgan fingerprint density at radius 1 is 0.758 bits per heavy atom. The number of amides is 2. The first kappa shape index (κ1) is 22.4. The van der Waals surface area contributed by atoms with Crippen LogP contribution < -0.4 is 14.8 Å². The van der Waals surface area contributed by atoms with Crippen molar-refractivity contribution in [3.05, 3.63) is 90.0 Å². The Bertz CT molecular complexity index is 1080. The Hall–Kier alpha value is -3.80. The summed E-state index contributed by atoms with van der Waals surface area (Å²) in [4.78, 5) is 27.4. The molecular formula is C27H28N2O4. The summed E-state index contributed by atoms with van der Waals surface area (Å²) < 4.78 is 11.6. The fraction of sp³-hybridized carbons (Fsp3) is 0.259. The van der Waals surface area contributed by atoms with E-state index in [0.29, 0.717) is 29.4 Å². The first-order valence-corrected chi connectivity index (χ1v) is 11.3. The molecule has 1 aliphatic heterocycles. The number of ether oxygens (including phenoxy) is 2. The van der Waals surface area contributed by atoms with Gasteiger partial charge in [0.1, 0.15) is 6.61 Å².